The molecule has 1 saturated heterocycles. The molecule has 0 spiro atoms. The van der Waals surface area contributed by atoms with Crippen molar-refractivity contribution >= 4 is 16.3 Å². The van der Waals surface area contributed by atoms with Gasteiger partial charge in [-0.3, -0.25) is 0 Å². The van der Waals surface area contributed by atoms with Gasteiger partial charge in [-0.1, -0.05) is 17.8 Å². The van der Waals surface area contributed by atoms with Crippen LogP contribution in [0.2, 0.25) is 0 Å². The van der Waals surface area contributed by atoms with Gasteiger partial charge in [0.05, 0.1) is 12.1 Å². The maximum atomic E-state index is 5.39. The topological polar surface area (TPSA) is 64.3 Å². The summed E-state index contributed by atoms with van der Waals surface area (Å²) in [6.45, 7) is 0.900. The third-order valence-corrected chi connectivity index (χ3v) is 5.24. The number of nitrogens with zero attached hydrogens (tertiary/aromatic N) is 4. The molecule has 2 atom stereocenters. The fourth-order valence-electron chi connectivity index (χ4n) is 2.78. The van der Waals surface area contributed by atoms with E-state index in [0.29, 0.717) is 18.1 Å². The Morgan fingerprint density at radius 1 is 1.37 bits per heavy atom. The molecule has 2 aromatic heterocycles. The summed E-state index contributed by atoms with van der Waals surface area (Å²) in [7, 11) is 1.77. The molecule has 2 unspecified atom stereocenters. The van der Waals surface area contributed by atoms with Gasteiger partial charge in [-0.05, 0) is 19.3 Å². The molecule has 2 fully saturated rings. The summed E-state index contributed by atoms with van der Waals surface area (Å²) in [5.41, 5.74) is 0. The van der Waals surface area contributed by atoms with Crippen molar-refractivity contribution in [1.82, 2.24) is 25.1 Å². The molecule has 3 heterocycles. The predicted molar refractivity (Wildman–Crippen MR) is 71.4 cm³/mol. The second kappa shape index (κ2) is 4.50. The van der Waals surface area contributed by atoms with Crippen LogP contribution in [0.25, 0.3) is 4.96 Å². The Balaban J connectivity index is 1.63. The third-order valence-electron chi connectivity index (χ3n) is 4.22. The van der Waals surface area contributed by atoms with Crippen molar-refractivity contribution in [3.05, 3.63) is 10.8 Å². The number of ether oxygens (including phenoxy) is 1. The lowest BCUT2D eigenvalue weighted by Crippen LogP contribution is -2.16. The van der Waals surface area contributed by atoms with Crippen LogP contribution in [0.4, 0.5) is 0 Å². The highest BCUT2D eigenvalue weighted by atomic mass is 32.1. The molecule has 0 bridgehead atoms. The minimum atomic E-state index is 0.297. The predicted octanol–water partition coefficient (Wildman–Crippen LogP) is 1.50. The molecule has 4 rings (SSSR count). The summed E-state index contributed by atoms with van der Waals surface area (Å²) in [5.74, 6) is 1.61. The Bertz CT molecular complexity index is 590. The van der Waals surface area contributed by atoms with Gasteiger partial charge in [0.1, 0.15) is 5.01 Å². The average molecular weight is 279 g/mol. The molecule has 19 heavy (non-hydrogen) atoms. The molecule has 6 nitrogen and oxygen atoms in total. The van der Waals surface area contributed by atoms with Crippen molar-refractivity contribution in [1.29, 1.82) is 0 Å². The van der Waals surface area contributed by atoms with Gasteiger partial charge in [-0.25, -0.2) is 0 Å². The van der Waals surface area contributed by atoms with Crippen molar-refractivity contribution in [3.63, 3.8) is 0 Å². The van der Waals surface area contributed by atoms with Crippen molar-refractivity contribution in [2.75, 3.05) is 13.7 Å². The Hall–Kier alpha value is -1.05. The zero-order chi connectivity index (χ0) is 12.8. The molecule has 7 heteroatoms. The third kappa shape index (κ3) is 1.87. The summed E-state index contributed by atoms with van der Waals surface area (Å²) >= 11 is 1.64. The number of hydrogen-bond donors (Lipinski definition) is 1. The zero-order valence-corrected chi connectivity index (χ0v) is 11.7. The second-order valence-corrected chi connectivity index (χ2v) is 6.36. The van der Waals surface area contributed by atoms with Gasteiger partial charge in [0.2, 0.25) is 4.96 Å². The number of rotatable bonds is 3. The molecule has 1 aliphatic carbocycles. The fourth-order valence-corrected chi connectivity index (χ4v) is 3.71. The maximum absolute atomic E-state index is 5.39. The molecular formula is C12H17N5OS. The molecule has 2 aromatic rings. The van der Waals surface area contributed by atoms with Crippen LogP contribution in [0.15, 0.2) is 0 Å². The number of nitrogens with one attached hydrogen (secondary N) is 1. The van der Waals surface area contributed by atoms with Crippen LogP contribution in [-0.4, -0.2) is 39.6 Å². The minimum Gasteiger partial charge on any atom is -0.380 e. The van der Waals surface area contributed by atoms with E-state index in [4.69, 9.17) is 9.84 Å². The van der Waals surface area contributed by atoms with Gasteiger partial charge >= 0.3 is 0 Å². The normalized spacial score (nSPS) is 28.1. The lowest BCUT2D eigenvalue weighted by molar-refractivity contribution is 0.117. The first-order chi connectivity index (χ1) is 9.35. The van der Waals surface area contributed by atoms with E-state index in [1.54, 1.807) is 18.4 Å². The van der Waals surface area contributed by atoms with Gasteiger partial charge in [-0.2, -0.15) is 9.61 Å². The van der Waals surface area contributed by atoms with Crippen LogP contribution in [0, 0.1) is 0 Å². The summed E-state index contributed by atoms with van der Waals surface area (Å²) in [6, 6.07) is 0.297. The van der Waals surface area contributed by atoms with Crippen molar-refractivity contribution < 1.29 is 4.74 Å². The molecule has 1 aliphatic heterocycles. The Morgan fingerprint density at radius 2 is 2.26 bits per heavy atom. The molecule has 0 amide bonds. The highest BCUT2D eigenvalue weighted by molar-refractivity contribution is 7.16. The summed E-state index contributed by atoms with van der Waals surface area (Å²) < 4.78 is 7.34. The lowest BCUT2D eigenvalue weighted by Gasteiger charge is -2.22. The van der Waals surface area contributed by atoms with Crippen molar-refractivity contribution in [2.45, 2.75) is 43.7 Å². The highest BCUT2D eigenvalue weighted by Gasteiger charge is 2.30. The highest BCUT2D eigenvalue weighted by Crippen LogP contribution is 2.36. The van der Waals surface area contributed by atoms with E-state index < -0.39 is 0 Å². The lowest BCUT2D eigenvalue weighted by atomic mass is 9.85. The number of fused-ring (bicyclic) bond motifs is 1. The van der Waals surface area contributed by atoms with Gasteiger partial charge in [0.15, 0.2) is 5.82 Å². The van der Waals surface area contributed by atoms with Gasteiger partial charge in [0.25, 0.3) is 0 Å². The Labute approximate surface area is 115 Å². The summed E-state index contributed by atoms with van der Waals surface area (Å²) in [6.07, 6.45) is 5.03. The first kappa shape index (κ1) is 11.7. The monoisotopic (exact) mass is 279 g/mol. The van der Waals surface area contributed by atoms with Crippen molar-refractivity contribution in [3.8, 4) is 0 Å². The Kier molecular flexibility index (Phi) is 2.78. The zero-order valence-electron chi connectivity index (χ0n) is 10.9. The first-order valence-corrected chi connectivity index (χ1v) is 7.65. The van der Waals surface area contributed by atoms with Gasteiger partial charge in [-0.15, -0.1) is 10.2 Å². The summed E-state index contributed by atoms with van der Waals surface area (Å²) in [4.78, 5) is 0.916. The molecule has 0 radical (unpaired) electrons. The van der Waals surface area contributed by atoms with Crippen LogP contribution < -0.4 is 5.32 Å². The van der Waals surface area contributed by atoms with Gasteiger partial charge < -0.3 is 10.1 Å². The van der Waals surface area contributed by atoms with E-state index in [9.17, 15) is 0 Å². The van der Waals surface area contributed by atoms with E-state index in [-0.39, 0.29) is 0 Å². The van der Waals surface area contributed by atoms with Crippen LogP contribution in [0.1, 0.15) is 48.5 Å². The molecule has 2 aliphatic rings. The largest absolute Gasteiger partial charge is 0.380 e. The van der Waals surface area contributed by atoms with Crippen LogP contribution >= 0.6 is 11.3 Å². The van der Waals surface area contributed by atoms with E-state index in [2.05, 4.69) is 15.5 Å². The van der Waals surface area contributed by atoms with Crippen LogP contribution in [0.5, 0.6) is 0 Å². The van der Waals surface area contributed by atoms with Crippen LogP contribution in [-0.2, 0) is 4.74 Å². The smallest absolute Gasteiger partial charge is 0.234 e. The van der Waals surface area contributed by atoms with Gasteiger partial charge in [0, 0.05) is 19.6 Å². The number of methoxy groups -OCH3 is 1. The number of hydrogen-bond acceptors (Lipinski definition) is 6. The van der Waals surface area contributed by atoms with Crippen LogP contribution in [0.3, 0.4) is 0 Å². The van der Waals surface area contributed by atoms with Crippen molar-refractivity contribution in [2.24, 2.45) is 0 Å². The maximum Gasteiger partial charge on any atom is 0.234 e. The van der Waals surface area contributed by atoms with E-state index in [1.807, 2.05) is 4.52 Å². The standard InChI is InChI=1S/C12H17N5OS/c1-18-8-5-9(13-6-8)11-16-17-10(7-3-2-4-7)14-15-12(17)19-11/h7-9,13H,2-6H2,1H3. The van der Waals surface area contributed by atoms with E-state index in [1.165, 1.54) is 19.3 Å². The molecular weight excluding hydrogens is 262 g/mol. The number of aromatic nitrogens is 4. The summed E-state index contributed by atoms with van der Waals surface area (Å²) in [5, 5.41) is 17.8. The van der Waals surface area contributed by atoms with E-state index in [0.717, 1.165) is 28.8 Å². The average Bonchev–Trinajstić information content (AvgIpc) is 3.01. The molecule has 1 N–H and O–H groups in total. The molecule has 1 saturated carbocycles. The fraction of sp³-hybridized carbons (Fsp3) is 0.750. The molecule has 0 aromatic carbocycles. The SMILES string of the molecule is COC1CNC(c2nn3c(C4CCC4)nnc3s2)C1. The first-order valence-electron chi connectivity index (χ1n) is 6.83. The Morgan fingerprint density at radius 3 is 2.95 bits per heavy atom. The molecule has 102 valence electrons. The van der Waals surface area contributed by atoms with E-state index >= 15 is 0 Å². The second-order valence-electron chi connectivity index (χ2n) is 5.37. The minimum absolute atomic E-state index is 0.297. The quantitative estimate of drug-likeness (QED) is 0.922.